The summed E-state index contributed by atoms with van der Waals surface area (Å²) < 4.78 is 5.66. The molecule has 1 aromatic rings. The number of carboxylic acids is 2. The molecule has 172 valence electrons. The van der Waals surface area contributed by atoms with Crippen molar-refractivity contribution in [2.45, 2.75) is 77.9 Å². The molecule has 0 aliphatic heterocycles. The molecule has 31 heavy (non-hydrogen) atoms. The number of ether oxygens (including phenoxy) is 1. The first-order valence-corrected chi connectivity index (χ1v) is 11.0. The predicted octanol–water partition coefficient (Wildman–Crippen LogP) is 3.32. The molecule has 1 fully saturated rings. The highest BCUT2D eigenvalue weighted by Crippen LogP contribution is 2.44. The molecule has 1 amide bonds. The van der Waals surface area contributed by atoms with Crippen LogP contribution in [0.15, 0.2) is 18.3 Å². The van der Waals surface area contributed by atoms with Gasteiger partial charge in [0.05, 0.1) is 37.0 Å². The molecule has 8 heteroatoms. The van der Waals surface area contributed by atoms with Crippen molar-refractivity contribution in [2.24, 2.45) is 11.3 Å². The lowest BCUT2D eigenvalue weighted by atomic mass is 9.75. The number of pyridine rings is 1. The van der Waals surface area contributed by atoms with Gasteiger partial charge in [0.15, 0.2) is 0 Å². The van der Waals surface area contributed by atoms with E-state index < -0.39 is 29.3 Å². The van der Waals surface area contributed by atoms with Gasteiger partial charge in [-0.15, -0.1) is 0 Å². The van der Waals surface area contributed by atoms with Crippen LogP contribution < -0.4 is 5.32 Å². The summed E-state index contributed by atoms with van der Waals surface area (Å²) >= 11 is 0. The standard InChI is InChI=1S/C23H34N2O6/c1-3-6-18(21(28)29)12-23(9-4-5-10-23)22(30)25-19(11-20(26)27)15-31-14-17-8-7-16(2)24-13-17/h7-8,13,18-19H,3-6,9-12,14-15H2,1-2H3,(H,25,30)(H,26,27)(H,28,29)/t18-,19-/m1/s1. The van der Waals surface area contributed by atoms with Gasteiger partial charge < -0.3 is 20.3 Å². The minimum Gasteiger partial charge on any atom is -0.481 e. The van der Waals surface area contributed by atoms with E-state index >= 15 is 0 Å². The molecule has 1 saturated carbocycles. The van der Waals surface area contributed by atoms with Crippen LogP contribution in [0.1, 0.15) is 69.5 Å². The van der Waals surface area contributed by atoms with Crippen molar-refractivity contribution in [3.63, 3.8) is 0 Å². The van der Waals surface area contributed by atoms with Crippen LogP contribution in [0.3, 0.4) is 0 Å². The van der Waals surface area contributed by atoms with Gasteiger partial charge in [-0.25, -0.2) is 0 Å². The average Bonchev–Trinajstić information content (AvgIpc) is 3.18. The molecule has 8 nitrogen and oxygen atoms in total. The monoisotopic (exact) mass is 434 g/mol. The van der Waals surface area contributed by atoms with Crippen molar-refractivity contribution in [1.29, 1.82) is 0 Å². The second-order valence-corrected chi connectivity index (χ2v) is 8.61. The molecule has 0 bridgehead atoms. The first-order valence-electron chi connectivity index (χ1n) is 11.0. The topological polar surface area (TPSA) is 126 Å². The third kappa shape index (κ3) is 7.61. The molecule has 1 aliphatic rings. The molecule has 0 unspecified atom stereocenters. The lowest BCUT2D eigenvalue weighted by molar-refractivity contribution is -0.144. The fourth-order valence-electron chi connectivity index (χ4n) is 4.31. The summed E-state index contributed by atoms with van der Waals surface area (Å²) in [5.74, 6) is -2.73. The van der Waals surface area contributed by atoms with Crippen molar-refractivity contribution in [3.05, 3.63) is 29.6 Å². The maximum Gasteiger partial charge on any atom is 0.306 e. The van der Waals surface area contributed by atoms with Gasteiger partial charge in [0.25, 0.3) is 0 Å². The Morgan fingerprint density at radius 1 is 1.23 bits per heavy atom. The number of carboxylic acid groups (broad SMARTS) is 2. The van der Waals surface area contributed by atoms with Gasteiger partial charge >= 0.3 is 11.9 Å². The van der Waals surface area contributed by atoms with E-state index in [0.717, 1.165) is 30.5 Å². The Hall–Kier alpha value is -2.48. The highest BCUT2D eigenvalue weighted by molar-refractivity contribution is 5.84. The normalized spacial score (nSPS) is 17.1. The number of rotatable bonds is 13. The Kier molecular flexibility index (Phi) is 9.43. The second kappa shape index (κ2) is 11.8. The number of aryl methyl sites for hydroxylation is 1. The molecule has 2 atom stereocenters. The quantitative estimate of drug-likeness (QED) is 0.435. The maximum absolute atomic E-state index is 13.2. The van der Waals surface area contributed by atoms with E-state index in [-0.39, 0.29) is 32.0 Å². The van der Waals surface area contributed by atoms with E-state index in [9.17, 15) is 24.6 Å². The second-order valence-electron chi connectivity index (χ2n) is 8.61. The van der Waals surface area contributed by atoms with Gasteiger partial charge in [0.1, 0.15) is 0 Å². The molecular formula is C23H34N2O6. The van der Waals surface area contributed by atoms with E-state index in [1.54, 1.807) is 6.20 Å². The summed E-state index contributed by atoms with van der Waals surface area (Å²) in [5.41, 5.74) is 1.00. The molecule has 1 aromatic heterocycles. The van der Waals surface area contributed by atoms with Crippen molar-refractivity contribution in [3.8, 4) is 0 Å². The number of aliphatic carboxylic acids is 2. The zero-order chi connectivity index (χ0) is 22.9. The Bertz CT molecular complexity index is 743. The van der Waals surface area contributed by atoms with E-state index in [0.29, 0.717) is 19.3 Å². The molecular weight excluding hydrogens is 400 g/mol. The van der Waals surface area contributed by atoms with Crippen LogP contribution >= 0.6 is 0 Å². The fraction of sp³-hybridized carbons (Fsp3) is 0.652. The van der Waals surface area contributed by atoms with Crippen LogP contribution in [0.25, 0.3) is 0 Å². The van der Waals surface area contributed by atoms with Gasteiger partial charge in [0, 0.05) is 11.9 Å². The lowest BCUT2D eigenvalue weighted by Gasteiger charge is -2.32. The number of nitrogens with one attached hydrogen (secondary N) is 1. The summed E-state index contributed by atoms with van der Waals surface area (Å²) in [6.07, 6.45) is 5.98. The first-order chi connectivity index (χ1) is 14.8. The predicted molar refractivity (Wildman–Crippen MR) is 114 cm³/mol. The lowest BCUT2D eigenvalue weighted by Crippen LogP contribution is -2.48. The van der Waals surface area contributed by atoms with Crippen molar-refractivity contribution in [1.82, 2.24) is 10.3 Å². The van der Waals surface area contributed by atoms with Gasteiger partial charge in [-0.2, -0.15) is 0 Å². The Morgan fingerprint density at radius 2 is 1.94 bits per heavy atom. The molecule has 0 saturated heterocycles. The third-order valence-corrected chi connectivity index (χ3v) is 5.98. The van der Waals surface area contributed by atoms with Crippen molar-refractivity contribution >= 4 is 17.8 Å². The van der Waals surface area contributed by atoms with Gasteiger partial charge in [0.2, 0.25) is 5.91 Å². The Labute approximate surface area is 183 Å². The number of hydrogen-bond acceptors (Lipinski definition) is 5. The van der Waals surface area contributed by atoms with E-state index in [2.05, 4.69) is 10.3 Å². The minimum absolute atomic E-state index is 0.0549. The van der Waals surface area contributed by atoms with Gasteiger partial charge in [-0.05, 0) is 44.2 Å². The summed E-state index contributed by atoms with van der Waals surface area (Å²) in [6, 6.07) is 3.07. The number of aromatic nitrogens is 1. The van der Waals surface area contributed by atoms with Crippen molar-refractivity contribution in [2.75, 3.05) is 6.61 Å². The van der Waals surface area contributed by atoms with Crippen LogP contribution in [-0.2, 0) is 25.7 Å². The van der Waals surface area contributed by atoms with Crippen LogP contribution in [0, 0.1) is 18.3 Å². The maximum atomic E-state index is 13.2. The SMILES string of the molecule is CCC[C@H](CC1(C(=O)N[C@@H](COCc2ccc(C)nc2)CC(=O)O)CCCC1)C(=O)O. The fourth-order valence-corrected chi connectivity index (χ4v) is 4.31. The highest BCUT2D eigenvalue weighted by Gasteiger charge is 2.44. The van der Waals surface area contributed by atoms with E-state index in [1.807, 2.05) is 26.0 Å². The van der Waals surface area contributed by atoms with Gasteiger partial charge in [-0.1, -0.05) is 32.3 Å². The third-order valence-electron chi connectivity index (χ3n) is 5.98. The zero-order valence-electron chi connectivity index (χ0n) is 18.4. The summed E-state index contributed by atoms with van der Waals surface area (Å²) in [7, 11) is 0. The molecule has 0 radical (unpaired) electrons. The number of hydrogen-bond donors (Lipinski definition) is 3. The smallest absolute Gasteiger partial charge is 0.306 e. The van der Waals surface area contributed by atoms with Crippen LogP contribution in [-0.4, -0.2) is 45.7 Å². The van der Waals surface area contributed by atoms with Crippen molar-refractivity contribution < 1.29 is 29.3 Å². The molecule has 0 aromatic carbocycles. The number of amides is 1. The highest BCUT2D eigenvalue weighted by atomic mass is 16.5. The van der Waals surface area contributed by atoms with Crippen LogP contribution in [0.5, 0.6) is 0 Å². The summed E-state index contributed by atoms with van der Waals surface area (Å²) in [4.78, 5) is 40.4. The first kappa shape index (κ1) is 24.8. The van der Waals surface area contributed by atoms with E-state index in [1.165, 1.54) is 0 Å². The van der Waals surface area contributed by atoms with E-state index in [4.69, 9.17) is 4.74 Å². The molecule has 3 N–H and O–H groups in total. The number of carbonyl (C=O) groups is 3. The average molecular weight is 435 g/mol. The van der Waals surface area contributed by atoms with Crippen LogP contribution in [0.2, 0.25) is 0 Å². The molecule has 0 spiro atoms. The molecule has 1 aliphatic carbocycles. The largest absolute Gasteiger partial charge is 0.481 e. The summed E-state index contributed by atoms with van der Waals surface area (Å²) in [5, 5.41) is 21.7. The number of carbonyl (C=O) groups excluding carboxylic acids is 1. The Balaban J connectivity index is 2.02. The van der Waals surface area contributed by atoms with Gasteiger partial charge in [-0.3, -0.25) is 19.4 Å². The Morgan fingerprint density at radius 3 is 2.48 bits per heavy atom. The summed E-state index contributed by atoms with van der Waals surface area (Å²) in [6.45, 7) is 4.14. The number of nitrogens with zero attached hydrogens (tertiary/aromatic N) is 1. The minimum atomic E-state index is -1.03. The zero-order valence-corrected chi connectivity index (χ0v) is 18.4. The molecule has 1 heterocycles. The van der Waals surface area contributed by atoms with Crippen LogP contribution in [0.4, 0.5) is 0 Å². The molecule has 2 rings (SSSR count).